The highest BCUT2D eigenvalue weighted by atomic mass is 16.5. The molecular formula is C12H13NO4. The molecule has 5 nitrogen and oxygen atoms in total. The molecule has 17 heavy (non-hydrogen) atoms. The quantitative estimate of drug-likeness (QED) is 0.812. The van der Waals surface area contributed by atoms with Crippen molar-refractivity contribution in [1.29, 1.82) is 0 Å². The molecule has 0 fully saturated rings. The third-order valence-corrected chi connectivity index (χ3v) is 2.56. The van der Waals surface area contributed by atoms with E-state index < -0.39 is 11.6 Å². The largest absolute Gasteiger partial charge is 0.481 e. The van der Waals surface area contributed by atoms with Crippen LogP contribution in [0.15, 0.2) is 18.2 Å². The Morgan fingerprint density at radius 1 is 1.47 bits per heavy atom. The summed E-state index contributed by atoms with van der Waals surface area (Å²) in [6.07, 6.45) is -0.0645. The average molecular weight is 235 g/mol. The molecule has 0 bridgehead atoms. The Labute approximate surface area is 98.4 Å². The highest BCUT2D eigenvalue weighted by Gasteiger charge is 2.35. The molecule has 0 unspecified atom stereocenters. The first-order chi connectivity index (χ1) is 7.88. The predicted octanol–water partition coefficient (Wildman–Crippen LogP) is 1.42. The van der Waals surface area contributed by atoms with Crippen LogP contribution in [0.4, 0.5) is 5.69 Å². The zero-order valence-electron chi connectivity index (χ0n) is 9.61. The summed E-state index contributed by atoms with van der Waals surface area (Å²) in [7, 11) is 0. The molecule has 0 atom stereocenters. The van der Waals surface area contributed by atoms with Crippen molar-refractivity contribution in [1.82, 2.24) is 0 Å². The molecule has 1 amide bonds. The molecule has 1 aliphatic heterocycles. The number of carbonyl (C=O) groups is 2. The van der Waals surface area contributed by atoms with E-state index in [4.69, 9.17) is 9.84 Å². The van der Waals surface area contributed by atoms with E-state index in [2.05, 4.69) is 5.32 Å². The molecule has 90 valence electrons. The van der Waals surface area contributed by atoms with Gasteiger partial charge in [-0.05, 0) is 31.5 Å². The Hall–Kier alpha value is -2.04. The van der Waals surface area contributed by atoms with E-state index in [-0.39, 0.29) is 12.3 Å². The SMILES string of the molecule is CC1(C)Oc2cc(CC(=O)O)ccc2NC1=O. The van der Waals surface area contributed by atoms with Crippen LogP contribution in [0.2, 0.25) is 0 Å². The molecule has 1 aliphatic rings. The fraction of sp³-hybridized carbons (Fsp3) is 0.333. The van der Waals surface area contributed by atoms with E-state index in [1.807, 2.05) is 0 Å². The summed E-state index contributed by atoms with van der Waals surface area (Å²) in [5, 5.41) is 11.4. The van der Waals surface area contributed by atoms with Gasteiger partial charge in [-0.2, -0.15) is 0 Å². The van der Waals surface area contributed by atoms with E-state index in [9.17, 15) is 9.59 Å². The van der Waals surface area contributed by atoms with Crippen LogP contribution in [0, 0.1) is 0 Å². The zero-order chi connectivity index (χ0) is 12.6. The normalized spacial score (nSPS) is 16.7. The molecule has 0 aromatic heterocycles. The molecule has 0 saturated carbocycles. The van der Waals surface area contributed by atoms with Gasteiger partial charge < -0.3 is 15.2 Å². The van der Waals surface area contributed by atoms with E-state index in [1.165, 1.54) is 0 Å². The van der Waals surface area contributed by atoms with Gasteiger partial charge in [-0.15, -0.1) is 0 Å². The van der Waals surface area contributed by atoms with Gasteiger partial charge in [-0.25, -0.2) is 0 Å². The van der Waals surface area contributed by atoms with Crippen molar-refractivity contribution < 1.29 is 19.4 Å². The molecule has 0 spiro atoms. The number of carboxylic acids is 1. The van der Waals surface area contributed by atoms with Crippen LogP contribution in [0.3, 0.4) is 0 Å². The van der Waals surface area contributed by atoms with E-state index >= 15 is 0 Å². The summed E-state index contributed by atoms with van der Waals surface area (Å²) in [6, 6.07) is 4.96. The van der Waals surface area contributed by atoms with Crippen molar-refractivity contribution in [3.63, 3.8) is 0 Å². The summed E-state index contributed by atoms with van der Waals surface area (Å²) in [4.78, 5) is 22.2. The van der Waals surface area contributed by atoms with Crippen molar-refractivity contribution in [2.45, 2.75) is 25.9 Å². The standard InChI is InChI=1S/C12H13NO4/c1-12(2)11(16)13-8-4-3-7(6-10(14)15)5-9(8)17-12/h3-5H,6H2,1-2H3,(H,13,16)(H,14,15). The Kier molecular flexibility index (Phi) is 2.53. The van der Waals surface area contributed by atoms with Crippen LogP contribution in [0.1, 0.15) is 19.4 Å². The molecule has 2 N–H and O–H groups in total. The number of rotatable bonds is 2. The molecule has 0 aliphatic carbocycles. The van der Waals surface area contributed by atoms with Crippen LogP contribution in [-0.4, -0.2) is 22.6 Å². The molecule has 1 heterocycles. The lowest BCUT2D eigenvalue weighted by molar-refractivity contribution is -0.136. The van der Waals surface area contributed by atoms with E-state index in [1.54, 1.807) is 32.0 Å². The van der Waals surface area contributed by atoms with Gasteiger partial charge in [0.05, 0.1) is 12.1 Å². The Morgan fingerprint density at radius 2 is 2.18 bits per heavy atom. The Balaban J connectivity index is 2.34. The number of anilines is 1. The minimum atomic E-state index is -0.936. The van der Waals surface area contributed by atoms with E-state index in [0.29, 0.717) is 17.0 Å². The van der Waals surface area contributed by atoms with E-state index in [0.717, 1.165) is 0 Å². The number of hydrogen-bond donors (Lipinski definition) is 2. The minimum Gasteiger partial charge on any atom is -0.481 e. The Bertz CT molecular complexity index is 493. The maximum Gasteiger partial charge on any atom is 0.307 e. The molecule has 1 aromatic carbocycles. The van der Waals surface area contributed by atoms with Gasteiger partial charge in [0.1, 0.15) is 5.75 Å². The number of fused-ring (bicyclic) bond motifs is 1. The number of carbonyl (C=O) groups excluding carboxylic acids is 1. The number of aliphatic carboxylic acids is 1. The molecule has 2 rings (SSSR count). The third-order valence-electron chi connectivity index (χ3n) is 2.56. The summed E-state index contributed by atoms with van der Waals surface area (Å²) in [5.41, 5.74) is 0.279. The van der Waals surface area contributed by atoms with Crippen LogP contribution in [-0.2, 0) is 16.0 Å². The number of benzene rings is 1. The van der Waals surface area contributed by atoms with Crippen molar-refractivity contribution in [2.24, 2.45) is 0 Å². The Morgan fingerprint density at radius 3 is 2.82 bits per heavy atom. The van der Waals surface area contributed by atoms with Crippen LogP contribution >= 0.6 is 0 Å². The third kappa shape index (κ3) is 2.22. The molecular weight excluding hydrogens is 222 g/mol. The first-order valence-electron chi connectivity index (χ1n) is 5.24. The van der Waals surface area contributed by atoms with Crippen LogP contribution < -0.4 is 10.1 Å². The first-order valence-corrected chi connectivity index (χ1v) is 5.24. The average Bonchev–Trinajstić information content (AvgIpc) is 2.18. The lowest BCUT2D eigenvalue weighted by atomic mass is 10.0. The lowest BCUT2D eigenvalue weighted by Crippen LogP contribution is -2.45. The van der Waals surface area contributed by atoms with Gasteiger partial charge in [-0.3, -0.25) is 9.59 Å². The van der Waals surface area contributed by atoms with Gasteiger partial charge in [-0.1, -0.05) is 6.07 Å². The first kappa shape index (κ1) is 11.4. The fourth-order valence-corrected chi connectivity index (χ4v) is 1.63. The fourth-order valence-electron chi connectivity index (χ4n) is 1.63. The molecule has 0 radical (unpaired) electrons. The van der Waals surface area contributed by atoms with Gasteiger partial charge in [0, 0.05) is 0 Å². The number of ether oxygens (including phenoxy) is 1. The topological polar surface area (TPSA) is 75.6 Å². The zero-order valence-corrected chi connectivity index (χ0v) is 9.61. The second-order valence-electron chi connectivity index (χ2n) is 4.47. The highest BCUT2D eigenvalue weighted by Crippen LogP contribution is 2.34. The summed E-state index contributed by atoms with van der Waals surface area (Å²) in [6.45, 7) is 3.32. The van der Waals surface area contributed by atoms with Crippen LogP contribution in [0.25, 0.3) is 0 Å². The van der Waals surface area contributed by atoms with Crippen molar-refractivity contribution in [3.8, 4) is 5.75 Å². The number of amides is 1. The van der Waals surface area contributed by atoms with Gasteiger partial charge >= 0.3 is 5.97 Å². The van der Waals surface area contributed by atoms with Gasteiger partial charge in [0.25, 0.3) is 5.91 Å². The van der Waals surface area contributed by atoms with Crippen LogP contribution in [0.5, 0.6) is 5.75 Å². The number of nitrogens with one attached hydrogen (secondary N) is 1. The smallest absolute Gasteiger partial charge is 0.307 e. The predicted molar refractivity (Wildman–Crippen MR) is 61.1 cm³/mol. The molecule has 5 heteroatoms. The summed E-state index contributed by atoms with van der Waals surface area (Å²) >= 11 is 0. The second-order valence-corrected chi connectivity index (χ2v) is 4.47. The summed E-state index contributed by atoms with van der Waals surface area (Å²) in [5.74, 6) is -0.603. The molecule has 0 saturated heterocycles. The highest BCUT2D eigenvalue weighted by molar-refractivity contribution is 6.00. The van der Waals surface area contributed by atoms with Gasteiger partial charge in [0.15, 0.2) is 5.60 Å². The van der Waals surface area contributed by atoms with Crippen molar-refractivity contribution in [2.75, 3.05) is 5.32 Å². The molecule has 1 aromatic rings. The lowest BCUT2D eigenvalue weighted by Gasteiger charge is -2.31. The minimum absolute atomic E-state index is 0.0645. The summed E-state index contributed by atoms with van der Waals surface area (Å²) < 4.78 is 5.55. The van der Waals surface area contributed by atoms with Gasteiger partial charge in [0.2, 0.25) is 0 Å². The maximum atomic E-state index is 11.6. The van der Waals surface area contributed by atoms with Crippen molar-refractivity contribution >= 4 is 17.6 Å². The number of hydrogen-bond acceptors (Lipinski definition) is 3. The number of carboxylic acid groups (broad SMARTS) is 1. The monoisotopic (exact) mass is 235 g/mol. The van der Waals surface area contributed by atoms with Crippen molar-refractivity contribution in [3.05, 3.63) is 23.8 Å². The maximum absolute atomic E-state index is 11.6. The second kappa shape index (κ2) is 3.76.